The number of para-hydroxylation sites is 1. The minimum absolute atomic E-state index is 0.170. The lowest BCUT2D eigenvalue weighted by Crippen LogP contribution is -2.04. The molecule has 5 heteroatoms. The lowest BCUT2D eigenvalue weighted by atomic mass is 9.94. The molecule has 0 saturated carbocycles. The van der Waals surface area contributed by atoms with Crippen LogP contribution >= 0.6 is 0 Å². The zero-order valence-corrected chi connectivity index (χ0v) is 19.7. The van der Waals surface area contributed by atoms with Crippen LogP contribution in [0.1, 0.15) is 44.8 Å². The summed E-state index contributed by atoms with van der Waals surface area (Å²) in [6, 6.07) is 25.8. The van der Waals surface area contributed by atoms with Crippen LogP contribution in [0.3, 0.4) is 0 Å². The topological polar surface area (TPSA) is 79.4 Å². The monoisotopic (exact) mass is 475 g/mol. The molecule has 4 aromatic carbocycles. The third kappa shape index (κ3) is 3.73. The maximum atomic E-state index is 12.3. The van der Waals surface area contributed by atoms with E-state index in [-0.39, 0.29) is 11.5 Å². The fraction of sp³-hybridized carbons (Fsp3) is 0.161. The first kappa shape index (κ1) is 22.1. The Balaban J connectivity index is 1.30. The van der Waals surface area contributed by atoms with Crippen LogP contribution in [0.4, 0.5) is 0 Å². The number of carboxylic acid groups (broad SMARTS) is 1. The number of carbonyl (C=O) groups excluding carboxylic acids is 1. The van der Waals surface area contributed by atoms with Crippen LogP contribution in [0.2, 0.25) is 0 Å². The fourth-order valence-corrected chi connectivity index (χ4v) is 5.44. The Bertz CT molecular complexity index is 1640. The van der Waals surface area contributed by atoms with E-state index in [9.17, 15) is 14.7 Å². The number of nitrogens with one attached hydrogen (secondary N) is 1. The number of aryl methyl sites for hydroxylation is 1. The van der Waals surface area contributed by atoms with Crippen molar-refractivity contribution in [2.75, 3.05) is 6.61 Å². The number of aromatic nitrogens is 1. The largest absolute Gasteiger partial charge is 0.493 e. The average Bonchev–Trinajstić information content (AvgIpc) is 3.47. The van der Waals surface area contributed by atoms with E-state index in [1.807, 2.05) is 66.7 Å². The molecule has 1 aliphatic carbocycles. The maximum absolute atomic E-state index is 12.3. The first-order valence-electron chi connectivity index (χ1n) is 12.2. The highest BCUT2D eigenvalue weighted by atomic mass is 16.5. The van der Waals surface area contributed by atoms with Gasteiger partial charge in [0.15, 0.2) is 5.78 Å². The predicted octanol–water partition coefficient (Wildman–Crippen LogP) is 6.83. The smallest absolute Gasteiger partial charge is 0.352 e. The highest BCUT2D eigenvalue weighted by molar-refractivity contribution is 6.06. The Morgan fingerprint density at radius 1 is 0.833 bits per heavy atom. The molecule has 0 amide bonds. The summed E-state index contributed by atoms with van der Waals surface area (Å²) in [5.74, 6) is 0.0273. The maximum Gasteiger partial charge on any atom is 0.352 e. The Morgan fingerprint density at radius 3 is 2.44 bits per heavy atom. The molecule has 6 rings (SSSR count). The third-order valence-corrected chi connectivity index (χ3v) is 7.10. The van der Waals surface area contributed by atoms with Crippen molar-refractivity contribution < 1.29 is 19.4 Å². The van der Waals surface area contributed by atoms with Gasteiger partial charge in [-0.2, -0.15) is 0 Å². The van der Waals surface area contributed by atoms with Gasteiger partial charge in [0.2, 0.25) is 0 Å². The van der Waals surface area contributed by atoms with Crippen molar-refractivity contribution in [3.63, 3.8) is 0 Å². The van der Waals surface area contributed by atoms with Crippen LogP contribution in [-0.2, 0) is 12.8 Å². The minimum Gasteiger partial charge on any atom is -0.493 e. The van der Waals surface area contributed by atoms with E-state index in [0.717, 1.165) is 55.2 Å². The Labute approximate surface area is 208 Å². The highest BCUT2D eigenvalue weighted by Gasteiger charge is 2.25. The SMILES string of the molecule is O=C1CCc2c1cccc2-c1cccc2c(CCCOc3cccc4ccccc34)c(C(=O)O)[nH]c12. The van der Waals surface area contributed by atoms with E-state index in [4.69, 9.17) is 4.74 Å². The number of carboxylic acids is 1. The molecule has 0 unspecified atom stereocenters. The van der Waals surface area contributed by atoms with Crippen LogP contribution < -0.4 is 4.74 Å². The summed E-state index contributed by atoms with van der Waals surface area (Å²) >= 11 is 0. The van der Waals surface area contributed by atoms with E-state index in [2.05, 4.69) is 17.1 Å². The molecular formula is C31H25NO4. The van der Waals surface area contributed by atoms with Gasteiger partial charge >= 0.3 is 5.97 Å². The number of fused-ring (bicyclic) bond motifs is 3. The van der Waals surface area contributed by atoms with Gasteiger partial charge in [0.25, 0.3) is 0 Å². The summed E-state index contributed by atoms with van der Waals surface area (Å²) in [6.07, 6.45) is 2.48. The Morgan fingerprint density at radius 2 is 1.56 bits per heavy atom. The van der Waals surface area contributed by atoms with Crippen molar-refractivity contribution >= 4 is 33.4 Å². The molecule has 0 spiro atoms. The van der Waals surface area contributed by atoms with E-state index in [1.54, 1.807) is 0 Å². The number of rotatable bonds is 7. The second-order valence-electron chi connectivity index (χ2n) is 9.20. The quantitative estimate of drug-likeness (QED) is 0.253. The van der Waals surface area contributed by atoms with Crippen LogP contribution in [-0.4, -0.2) is 28.4 Å². The first-order chi connectivity index (χ1) is 17.6. The van der Waals surface area contributed by atoms with Gasteiger partial charge in [-0.15, -0.1) is 0 Å². The zero-order valence-electron chi connectivity index (χ0n) is 19.7. The number of hydrogen-bond donors (Lipinski definition) is 2. The molecule has 1 heterocycles. The van der Waals surface area contributed by atoms with Crippen LogP contribution in [0, 0.1) is 0 Å². The molecule has 5 aromatic rings. The number of aromatic carboxylic acids is 1. The number of H-pyrrole nitrogens is 1. The van der Waals surface area contributed by atoms with Crippen molar-refractivity contribution in [3.8, 4) is 16.9 Å². The Kier molecular flexibility index (Phi) is 5.53. The van der Waals surface area contributed by atoms with Crippen LogP contribution in [0.25, 0.3) is 32.8 Å². The molecule has 0 atom stereocenters. The summed E-state index contributed by atoms with van der Waals surface area (Å²) in [7, 11) is 0. The van der Waals surface area contributed by atoms with Gasteiger partial charge in [-0.3, -0.25) is 4.79 Å². The van der Waals surface area contributed by atoms with Gasteiger partial charge in [0, 0.05) is 28.3 Å². The molecule has 2 N–H and O–H groups in total. The second kappa shape index (κ2) is 9.00. The normalized spacial score (nSPS) is 12.8. The van der Waals surface area contributed by atoms with Gasteiger partial charge in [-0.1, -0.05) is 72.8 Å². The summed E-state index contributed by atoms with van der Waals surface area (Å²) in [5.41, 5.74) is 5.54. The van der Waals surface area contributed by atoms with E-state index in [0.29, 0.717) is 32.3 Å². The number of benzene rings is 4. The molecule has 0 bridgehead atoms. The number of aromatic amines is 1. The first-order valence-corrected chi connectivity index (χ1v) is 12.2. The van der Waals surface area contributed by atoms with Crippen molar-refractivity contribution in [2.45, 2.75) is 25.7 Å². The minimum atomic E-state index is -0.976. The van der Waals surface area contributed by atoms with E-state index in [1.165, 1.54) is 0 Å². The second-order valence-corrected chi connectivity index (χ2v) is 9.20. The number of carbonyl (C=O) groups is 2. The molecule has 0 radical (unpaired) electrons. The molecule has 36 heavy (non-hydrogen) atoms. The van der Waals surface area contributed by atoms with Crippen molar-refractivity contribution in [3.05, 3.63) is 101 Å². The predicted molar refractivity (Wildman–Crippen MR) is 141 cm³/mol. The van der Waals surface area contributed by atoms with Crippen molar-refractivity contribution in [1.29, 1.82) is 0 Å². The Hall–Kier alpha value is -4.38. The highest BCUT2D eigenvalue weighted by Crippen LogP contribution is 2.37. The number of ether oxygens (including phenoxy) is 1. The van der Waals surface area contributed by atoms with Gasteiger partial charge < -0.3 is 14.8 Å². The zero-order chi connectivity index (χ0) is 24.6. The van der Waals surface area contributed by atoms with Crippen molar-refractivity contribution in [1.82, 2.24) is 4.98 Å². The van der Waals surface area contributed by atoms with Crippen LogP contribution in [0.15, 0.2) is 78.9 Å². The lowest BCUT2D eigenvalue weighted by molar-refractivity contribution is 0.0690. The summed E-state index contributed by atoms with van der Waals surface area (Å²) in [4.78, 5) is 27.6. The molecular weight excluding hydrogens is 450 g/mol. The van der Waals surface area contributed by atoms with Crippen LogP contribution in [0.5, 0.6) is 5.75 Å². The molecule has 1 aliphatic rings. The van der Waals surface area contributed by atoms with Crippen molar-refractivity contribution in [2.24, 2.45) is 0 Å². The van der Waals surface area contributed by atoms with E-state index < -0.39 is 5.97 Å². The molecule has 0 aliphatic heterocycles. The standard InChI is InChI=1S/C31H25NO4/c33-27-17-16-22-21(10-4-11-23(22)27)24-12-5-13-25-26(30(31(34)35)32-29(24)25)14-6-18-36-28-15-3-8-19-7-1-2-9-20(19)28/h1-5,7-13,15,32H,6,14,16-18H2,(H,34,35). The average molecular weight is 476 g/mol. The molecule has 0 saturated heterocycles. The molecule has 0 fully saturated rings. The number of Topliss-reactive ketones (excluding diaryl/α,β-unsaturated/α-hetero) is 1. The number of ketones is 1. The molecule has 1 aromatic heterocycles. The molecule has 5 nitrogen and oxygen atoms in total. The summed E-state index contributed by atoms with van der Waals surface area (Å²) in [6.45, 7) is 0.480. The van der Waals surface area contributed by atoms with Gasteiger partial charge in [-0.05, 0) is 47.4 Å². The fourth-order valence-electron chi connectivity index (χ4n) is 5.44. The van der Waals surface area contributed by atoms with Gasteiger partial charge in [-0.25, -0.2) is 4.79 Å². The number of hydrogen-bond acceptors (Lipinski definition) is 3. The molecule has 178 valence electrons. The summed E-state index contributed by atoms with van der Waals surface area (Å²) < 4.78 is 6.09. The van der Waals surface area contributed by atoms with Gasteiger partial charge in [0.1, 0.15) is 11.4 Å². The van der Waals surface area contributed by atoms with E-state index >= 15 is 0 Å². The third-order valence-electron chi connectivity index (χ3n) is 7.10. The lowest BCUT2D eigenvalue weighted by Gasteiger charge is -2.10. The summed E-state index contributed by atoms with van der Waals surface area (Å²) in [5, 5.41) is 13.1. The van der Waals surface area contributed by atoms with Gasteiger partial charge in [0.05, 0.1) is 12.1 Å².